The third-order valence-electron chi connectivity index (χ3n) is 5.05. The van der Waals surface area contributed by atoms with Crippen LogP contribution in [0.2, 0.25) is 0 Å². The molecule has 27 heavy (non-hydrogen) atoms. The van der Waals surface area contributed by atoms with Crippen LogP contribution in [0.25, 0.3) is 0 Å². The Balaban J connectivity index is 0.00000210. The van der Waals surface area contributed by atoms with Crippen LogP contribution in [-0.2, 0) is 13.1 Å². The van der Waals surface area contributed by atoms with Crippen LogP contribution in [0.4, 0.5) is 0 Å². The lowest BCUT2D eigenvalue weighted by molar-refractivity contribution is -0.688. The topological polar surface area (TPSA) is 46.1 Å². The van der Waals surface area contributed by atoms with Crippen molar-refractivity contribution in [2.75, 3.05) is 0 Å². The van der Waals surface area contributed by atoms with E-state index >= 15 is 0 Å². The Morgan fingerprint density at radius 3 is 2.63 bits per heavy atom. The fraction of sp³-hybridized carbons (Fsp3) is 0.238. The molecule has 0 radical (unpaired) electrons. The highest BCUT2D eigenvalue weighted by Crippen LogP contribution is 2.31. The molecule has 1 aromatic carbocycles. The van der Waals surface area contributed by atoms with Crippen molar-refractivity contribution in [1.29, 1.82) is 0 Å². The molecule has 3 heterocycles. The molecular formula is C21H20Br2N2O2. The lowest BCUT2D eigenvalue weighted by Crippen LogP contribution is -3.00. The number of ketones is 1. The SMILES string of the molecule is O=C1c2cccn2CCC1C(O)c1cc[n+](Cc2ccccc2Br)cc1.[Br-]. The number of aliphatic hydroxyl groups excluding tert-OH is 1. The second-order valence-electron chi connectivity index (χ2n) is 6.69. The van der Waals surface area contributed by atoms with Crippen LogP contribution in [0.5, 0.6) is 0 Å². The number of aryl methyl sites for hydroxylation is 1. The van der Waals surface area contributed by atoms with E-state index in [-0.39, 0.29) is 28.7 Å². The number of hydrogen-bond donors (Lipinski definition) is 1. The van der Waals surface area contributed by atoms with Gasteiger partial charge in [-0.3, -0.25) is 4.79 Å². The van der Waals surface area contributed by atoms with Crippen molar-refractivity contribution in [3.63, 3.8) is 0 Å². The quantitative estimate of drug-likeness (QED) is 0.541. The Bertz CT molecular complexity index is 937. The van der Waals surface area contributed by atoms with E-state index in [4.69, 9.17) is 0 Å². The van der Waals surface area contributed by atoms with Gasteiger partial charge in [-0.15, -0.1) is 0 Å². The number of pyridine rings is 1. The number of carbonyl (C=O) groups is 1. The van der Waals surface area contributed by atoms with Crippen LogP contribution in [0, 0.1) is 5.92 Å². The molecule has 140 valence electrons. The van der Waals surface area contributed by atoms with Gasteiger partial charge in [0.25, 0.3) is 0 Å². The first kappa shape index (κ1) is 20.0. The monoisotopic (exact) mass is 490 g/mol. The highest BCUT2D eigenvalue weighted by atomic mass is 79.9. The summed E-state index contributed by atoms with van der Waals surface area (Å²) in [7, 11) is 0. The van der Waals surface area contributed by atoms with E-state index in [0.29, 0.717) is 12.1 Å². The smallest absolute Gasteiger partial charge is 0.185 e. The molecule has 2 aromatic heterocycles. The van der Waals surface area contributed by atoms with Gasteiger partial charge in [-0.25, -0.2) is 4.57 Å². The van der Waals surface area contributed by atoms with Gasteiger partial charge in [0, 0.05) is 34.9 Å². The van der Waals surface area contributed by atoms with Gasteiger partial charge in [-0.05, 0) is 30.2 Å². The van der Waals surface area contributed by atoms with Gasteiger partial charge in [-0.1, -0.05) is 34.1 Å². The van der Waals surface area contributed by atoms with Gasteiger partial charge in [0.1, 0.15) is 0 Å². The zero-order valence-corrected chi connectivity index (χ0v) is 17.8. The van der Waals surface area contributed by atoms with Crippen LogP contribution in [0.15, 0.2) is 71.6 Å². The van der Waals surface area contributed by atoms with Gasteiger partial charge in [-0.2, -0.15) is 0 Å². The van der Waals surface area contributed by atoms with Crippen molar-refractivity contribution in [2.45, 2.75) is 25.6 Å². The fourth-order valence-corrected chi connectivity index (χ4v) is 3.97. The molecule has 0 saturated carbocycles. The molecule has 4 rings (SSSR count). The summed E-state index contributed by atoms with van der Waals surface area (Å²) in [5.74, 6) is -0.352. The van der Waals surface area contributed by atoms with Gasteiger partial charge in [0.15, 0.2) is 24.7 Å². The normalized spacial score (nSPS) is 17.1. The van der Waals surface area contributed by atoms with E-state index in [9.17, 15) is 9.90 Å². The summed E-state index contributed by atoms with van der Waals surface area (Å²) in [5, 5.41) is 10.8. The molecule has 1 N–H and O–H groups in total. The highest BCUT2D eigenvalue weighted by molar-refractivity contribution is 9.10. The molecule has 1 aliphatic heterocycles. The van der Waals surface area contributed by atoms with E-state index < -0.39 is 6.10 Å². The number of fused-ring (bicyclic) bond motifs is 1. The molecule has 2 atom stereocenters. The molecule has 4 nitrogen and oxygen atoms in total. The molecule has 0 bridgehead atoms. The number of aromatic nitrogens is 2. The first-order chi connectivity index (χ1) is 12.6. The molecule has 0 saturated heterocycles. The number of nitrogens with zero attached hydrogens (tertiary/aromatic N) is 2. The Labute approximate surface area is 177 Å². The lowest BCUT2D eigenvalue weighted by Gasteiger charge is -2.27. The first-order valence-corrected chi connectivity index (χ1v) is 9.52. The van der Waals surface area contributed by atoms with E-state index in [0.717, 1.165) is 23.1 Å². The first-order valence-electron chi connectivity index (χ1n) is 8.73. The average molecular weight is 492 g/mol. The zero-order chi connectivity index (χ0) is 18.1. The lowest BCUT2D eigenvalue weighted by atomic mass is 9.86. The van der Waals surface area contributed by atoms with Crippen LogP contribution in [0.1, 0.15) is 34.1 Å². The minimum atomic E-state index is -0.774. The maximum atomic E-state index is 12.6. The van der Waals surface area contributed by atoms with Crippen molar-refractivity contribution in [3.8, 4) is 0 Å². The number of Topliss-reactive ketones (excluding diaryl/α,β-unsaturated/α-hetero) is 1. The summed E-state index contributed by atoms with van der Waals surface area (Å²) in [6, 6.07) is 15.6. The number of carbonyl (C=O) groups excluding carboxylic acids is 1. The van der Waals surface area contributed by atoms with Crippen LogP contribution in [0.3, 0.4) is 0 Å². The number of rotatable bonds is 4. The van der Waals surface area contributed by atoms with Crippen LogP contribution in [-0.4, -0.2) is 15.5 Å². The van der Waals surface area contributed by atoms with Gasteiger partial charge in [0.2, 0.25) is 0 Å². The number of hydrogen-bond acceptors (Lipinski definition) is 2. The standard InChI is InChI=1S/C21H20BrN2O2.BrH/c22-18-5-2-1-4-16(18)14-23-11-7-15(8-12-23)20(25)17-9-13-24-10-3-6-19(24)21(17)26;/h1-8,10-12,17,20,25H,9,13-14H2;1H/q+1;/p-1. The summed E-state index contributed by atoms with van der Waals surface area (Å²) in [4.78, 5) is 12.6. The summed E-state index contributed by atoms with van der Waals surface area (Å²) in [5.41, 5.74) is 2.67. The van der Waals surface area contributed by atoms with Gasteiger partial charge < -0.3 is 26.7 Å². The molecule has 3 aromatic rings. The van der Waals surface area contributed by atoms with Crippen molar-refractivity contribution < 1.29 is 31.4 Å². The molecule has 0 fully saturated rings. The third-order valence-corrected chi connectivity index (χ3v) is 5.82. The van der Waals surface area contributed by atoms with Crippen molar-refractivity contribution in [1.82, 2.24) is 4.57 Å². The second-order valence-corrected chi connectivity index (χ2v) is 7.54. The summed E-state index contributed by atoms with van der Waals surface area (Å²) >= 11 is 3.57. The predicted molar refractivity (Wildman–Crippen MR) is 102 cm³/mol. The van der Waals surface area contributed by atoms with Crippen molar-refractivity contribution in [3.05, 3.63) is 88.4 Å². The van der Waals surface area contributed by atoms with Crippen molar-refractivity contribution in [2.24, 2.45) is 5.92 Å². The molecule has 0 aliphatic carbocycles. The molecule has 0 amide bonds. The van der Waals surface area contributed by atoms with E-state index in [1.165, 1.54) is 5.56 Å². The maximum Gasteiger partial charge on any atom is 0.185 e. The van der Waals surface area contributed by atoms with E-state index in [1.54, 1.807) is 0 Å². The van der Waals surface area contributed by atoms with Crippen LogP contribution >= 0.6 is 15.9 Å². The predicted octanol–water partition coefficient (Wildman–Crippen LogP) is 0.527. The number of halogens is 2. The second kappa shape index (κ2) is 8.50. The molecule has 1 aliphatic rings. The summed E-state index contributed by atoms with van der Waals surface area (Å²) in [6.07, 6.45) is 5.71. The summed E-state index contributed by atoms with van der Waals surface area (Å²) < 4.78 is 5.10. The molecule has 0 spiro atoms. The Hall–Kier alpha value is -1.76. The van der Waals surface area contributed by atoms with Gasteiger partial charge >= 0.3 is 0 Å². The maximum absolute atomic E-state index is 12.6. The third kappa shape index (κ3) is 4.08. The largest absolute Gasteiger partial charge is 1.00 e. The number of benzene rings is 1. The Morgan fingerprint density at radius 1 is 1.15 bits per heavy atom. The van der Waals surface area contributed by atoms with Crippen LogP contribution < -0.4 is 21.5 Å². The highest BCUT2D eigenvalue weighted by Gasteiger charge is 2.33. The Morgan fingerprint density at radius 2 is 1.89 bits per heavy atom. The minimum Gasteiger partial charge on any atom is -1.00 e. The van der Waals surface area contributed by atoms with Crippen molar-refractivity contribution >= 4 is 21.7 Å². The molecule has 6 heteroatoms. The van der Waals surface area contributed by atoms with E-state index in [2.05, 4.69) is 26.6 Å². The Kier molecular flexibility index (Phi) is 6.29. The van der Waals surface area contributed by atoms with Gasteiger partial charge in [0.05, 0.1) is 17.7 Å². The molecule has 2 unspecified atom stereocenters. The average Bonchev–Trinajstić information content (AvgIpc) is 3.14. The number of aliphatic hydroxyl groups is 1. The fourth-order valence-electron chi connectivity index (χ4n) is 3.56. The summed E-state index contributed by atoms with van der Waals surface area (Å²) in [6.45, 7) is 1.51. The minimum absolute atomic E-state index is 0. The zero-order valence-electron chi connectivity index (χ0n) is 14.6. The van der Waals surface area contributed by atoms with E-state index in [1.807, 2.05) is 65.6 Å². The molecular weight excluding hydrogens is 472 g/mol.